The van der Waals surface area contributed by atoms with Crippen LogP contribution in [0.1, 0.15) is 77.0 Å². The second-order valence-electron chi connectivity index (χ2n) is 10.9. The third-order valence-corrected chi connectivity index (χ3v) is 10.3. The molecule has 2 saturated carbocycles. The molecule has 5 rings (SSSR count). The molecule has 0 amide bonds. The van der Waals surface area contributed by atoms with Crippen molar-refractivity contribution in [3.63, 3.8) is 0 Å². The van der Waals surface area contributed by atoms with E-state index in [1.54, 1.807) is 11.3 Å². The van der Waals surface area contributed by atoms with E-state index in [1.165, 1.54) is 22.4 Å². The van der Waals surface area contributed by atoms with Gasteiger partial charge < -0.3 is 10.2 Å². The zero-order valence-corrected chi connectivity index (χ0v) is 19.8. The van der Waals surface area contributed by atoms with E-state index in [2.05, 4.69) is 31.8 Å². The predicted octanol–water partition coefficient (Wildman–Crippen LogP) is 5.94. The highest BCUT2D eigenvalue weighted by Crippen LogP contribution is 2.69. The Hall–Kier alpha value is -1.46. The molecule has 2 fully saturated rings. The Labute approximate surface area is 189 Å². The summed E-state index contributed by atoms with van der Waals surface area (Å²) < 4.78 is 0. The van der Waals surface area contributed by atoms with Gasteiger partial charge in [-0.25, -0.2) is 0 Å². The molecule has 4 nitrogen and oxygen atoms in total. The van der Waals surface area contributed by atoms with Crippen LogP contribution in [0.5, 0.6) is 0 Å². The topological polar surface area (TPSA) is 70.4 Å². The molecular formula is C26H35NO3S. The Kier molecular flexibility index (Phi) is 5.21. The standard InChI is InChI=1S/C26H35NO3S/c1-4-15-9-17-12-18(28)5-7-25(17,2)19-6-8-26(3)20(23(15)19)10-16(11-22(29)30)24(26)21-13-27-14-31-21/h9,13-15,18-20,23,28H,4-8,10-12H2,1-3H3,(H,29,30)/t15-,18-,19-,20-,23+,25-,26-/m0/s1. The van der Waals surface area contributed by atoms with Gasteiger partial charge in [0, 0.05) is 6.20 Å². The molecule has 0 saturated heterocycles. The van der Waals surface area contributed by atoms with Gasteiger partial charge in [-0.2, -0.15) is 0 Å². The number of allylic oxidation sites excluding steroid dienone is 2. The Bertz CT molecular complexity index is 934. The van der Waals surface area contributed by atoms with Crippen molar-refractivity contribution in [2.75, 3.05) is 0 Å². The zero-order chi connectivity index (χ0) is 22.0. The van der Waals surface area contributed by atoms with Crippen LogP contribution in [0.4, 0.5) is 0 Å². The van der Waals surface area contributed by atoms with Crippen LogP contribution in [0.25, 0.3) is 5.57 Å². The molecule has 0 bridgehead atoms. The minimum Gasteiger partial charge on any atom is -0.481 e. The van der Waals surface area contributed by atoms with Gasteiger partial charge in [-0.1, -0.05) is 38.0 Å². The molecule has 1 aromatic rings. The summed E-state index contributed by atoms with van der Waals surface area (Å²) in [7, 11) is 0. The maximum Gasteiger partial charge on any atom is 0.307 e. The molecule has 0 aromatic carbocycles. The first-order chi connectivity index (χ1) is 14.8. The molecule has 1 heterocycles. The van der Waals surface area contributed by atoms with E-state index in [1.807, 2.05) is 11.7 Å². The molecular weight excluding hydrogens is 406 g/mol. The molecule has 7 atom stereocenters. The highest BCUT2D eigenvalue weighted by Gasteiger charge is 2.60. The zero-order valence-electron chi connectivity index (χ0n) is 18.9. The highest BCUT2D eigenvalue weighted by molar-refractivity contribution is 7.10. The van der Waals surface area contributed by atoms with Crippen LogP contribution >= 0.6 is 11.3 Å². The lowest BCUT2D eigenvalue weighted by Crippen LogP contribution is -2.52. The van der Waals surface area contributed by atoms with Crippen molar-refractivity contribution in [3.05, 3.63) is 33.8 Å². The fourth-order valence-corrected chi connectivity index (χ4v) is 8.97. The molecule has 4 aliphatic carbocycles. The van der Waals surface area contributed by atoms with Crippen molar-refractivity contribution in [2.45, 2.75) is 78.2 Å². The van der Waals surface area contributed by atoms with Gasteiger partial charge in [0.2, 0.25) is 0 Å². The van der Waals surface area contributed by atoms with Gasteiger partial charge in [-0.05, 0) is 85.0 Å². The largest absolute Gasteiger partial charge is 0.481 e. The first-order valence-corrected chi connectivity index (χ1v) is 12.9. The van der Waals surface area contributed by atoms with E-state index in [4.69, 9.17) is 0 Å². The molecule has 168 valence electrons. The molecule has 0 spiro atoms. The molecule has 5 heteroatoms. The number of aromatic nitrogens is 1. The normalized spacial score (nSPS) is 41.9. The fourth-order valence-electron chi connectivity index (χ4n) is 8.12. The van der Waals surface area contributed by atoms with Gasteiger partial charge in [0.1, 0.15) is 0 Å². The van der Waals surface area contributed by atoms with E-state index in [9.17, 15) is 15.0 Å². The second-order valence-corrected chi connectivity index (χ2v) is 11.8. The molecule has 0 radical (unpaired) electrons. The summed E-state index contributed by atoms with van der Waals surface area (Å²) in [5, 5.41) is 20.0. The lowest BCUT2D eigenvalue weighted by molar-refractivity contribution is -0.136. The van der Waals surface area contributed by atoms with Gasteiger partial charge in [-0.15, -0.1) is 11.3 Å². The van der Waals surface area contributed by atoms with Crippen LogP contribution in [0.2, 0.25) is 0 Å². The summed E-state index contributed by atoms with van der Waals surface area (Å²) in [5.41, 5.74) is 6.04. The number of carboxylic acids is 1. The molecule has 1 aromatic heterocycles. The average molecular weight is 442 g/mol. The van der Waals surface area contributed by atoms with E-state index in [-0.39, 0.29) is 23.4 Å². The number of hydrogen-bond donors (Lipinski definition) is 2. The van der Waals surface area contributed by atoms with Crippen LogP contribution in [0.3, 0.4) is 0 Å². The molecule has 2 N–H and O–H groups in total. The highest BCUT2D eigenvalue weighted by atomic mass is 32.1. The van der Waals surface area contributed by atoms with Crippen molar-refractivity contribution in [3.8, 4) is 0 Å². The first kappa shape index (κ1) is 21.4. The number of rotatable bonds is 4. The van der Waals surface area contributed by atoms with Crippen LogP contribution in [0.15, 0.2) is 28.9 Å². The van der Waals surface area contributed by atoms with Crippen LogP contribution in [-0.4, -0.2) is 27.3 Å². The van der Waals surface area contributed by atoms with E-state index < -0.39 is 5.97 Å². The smallest absolute Gasteiger partial charge is 0.307 e. The third kappa shape index (κ3) is 3.18. The fraction of sp³-hybridized carbons (Fsp3) is 0.692. The van der Waals surface area contributed by atoms with E-state index in [0.717, 1.165) is 44.1 Å². The van der Waals surface area contributed by atoms with Crippen molar-refractivity contribution in [1.82, 2.24) is 4.98 Å². The van der Waals surface area contributed by atoms with Gasteiger partial charge in [0.05, 0.1) is 22.9 Å². The SMILES string of the molecule is CC[C@H]1C=C2C[C@@H](O)CC[C@]2(C)[C@H]2CC[C@]3(C)C(c4cncs4)=C(CC(=O)O)C[C@H]3[C@H]12. The number of aliphatic hydroxyl groups is 1. The molecule has 31 heavy (non-hydrogen) atoms. The summed E-state index contributed by atoms with van der Waals surface area (Å²) in [6, 6.07) is 0. The van der Waals surface area contributed by atoms with Crippen LogP contribution in [0, 0.1) is 34.5 Å². The number of carboxylic acid groups (broad SMARTS) is 1. The molecule has 0 unspecified atom stereocenters. The number of fused-ring (bicyclic) bond motifs is 5. The summed E-state index contributed by atoms with van der Waals surface area (Å²) in [4.78, 5) is 17.3. The molecule has 0 aliphatic heterocycles. The Morgan fingerprint density at radius 3 is 2.65 bits per heavy atom. The Balaban J connectivity index is 1.59. The first-order valence-electron chi connectivity index (χ1n) is 12.0. The maximum absolute atomic E-state index is 11.8. The summed E-state index contributed by atoms with van der Waals surface area (Å²) in [6.45, 7) is 7.18. The monoisotopic (exact) mass is 441 g/mol. The summed E-state index contributed by atoms with van der Waals surface area (Å²) in [6.07, 6.45) is 11.6. The summed E-state index contributed by atoms with van der Waals surface area (Å²) >= 11 is 1.66. The third-order valence-electron chi connectivity index (χ3n) is 9.54. The number of thiazole rings is 1. The maximum atomic E-state index is 11.8. The Morgan fingerprint density at radius 1 is 1.19 bits per heavy atom. The van der Waals surface area contributed by atoms with Gasteiger partial charge in [-0.3, -0.25) is 9.78 Å². The average Bonchev–Trinajstić information content (AvgIpc) is 3.32. The van der Waals surface area contributed by atoms with Crippen molar-refractivity contribution in [2.24, 2.45) is 34.5 Å². The quantitative estimate of drug-likeness (QED) is 0.567. The van der Waals surface area contributed by atoms with E-state index in [0.29, 0.717) is 23.7 Å². The summed E-state index contributed by atoms with van der Waals surface area (Å²) in [5.74, 6) is 1.51. The number of aliphatic carboxylic acids is 1. The Morgan fingerprint density at radius 2 is 1.97 bits per heavy atom. The van der Waals surface area contributed by atoms with Gasteiger partial charge in [0.15, 0.2) is 0 Å². The van der Waals surface area contributed by atoms with Crippen molar-refractivity contribution < 1.29 is 15.0 Å². The number of carbonyl (C=O) groups is 1. The number of nitrogens with zero attached hydrogens (tertiary/aromatic N) is 1. The van der Waals surface area contributed by atoms with Crippen molar-refractivity contribution >= 4 is 22.9 Å². The number of aliphatic hydroxyl groups excluding tert-OH is 1. The second kappa shape index (κ2) is 7.55. The van der Waals surface area contributed by atoms with Gasteiger partial charge in [0.25, 0.3) is 0 Å². The van der Waals surface area contributed by atoms with Gasteiger partial charge >= 0.3 is 5.97 Å². The predicted molar refractivity (Wildman–Crippen MR) is 124 cm³/mol. The minimum absolute atomic E-state index is 0.0296. The minimum atomic E-state index is -0.720. The lowest BCUT2D eigenvalue weighted by atomic mass is 9.45. The van der Waals surface area contributed by atoms with Crippen LogP contribution < -0.4 is 0 Å². The molecule has 4 aliphatic rings. The van der Waals surface area contributed by atoms with E-state index >= 15 is 0 Å². The number of hydrogen-bond acceptors (Lipinski definition) is 4. The lowest BCUT2D eigenvalue weighted by Gasteiger charge is -2.59. The van der Waals surface area contributed by atoms with Crippen LogP contribution in [-0.2, 0) is 4.79 Å². The van der Waals surface area contributed by atoms with Crippen molar-refractivity contribution in [1.29, 1.82) is 0 Å².